The van der Waals surface area contributed by atoms with Gasteiger partial charge in [0.25, 0.3) is 0 Å². The van der Waals surface area contributed by atoms with E-state index in [1.54, 1.807) is 17.9 Å². The predicted molar refractivity (Wildman–Crippen MR) is 137 cm³/mol. The van der Waals surface area contributed by atoms with Gasteiger partial charge in [-0.15, -0.1) is 0 Å². The van der Waals surface area contributed by atoms with E-state index in [-0.39, 0.29) is 42.2 Å². The fraction of sp³-hybridized carbons (Fsp3) is 0.464. The first-order valence-electron chi connectivity index (χ1n) is 12.8. The molecule has 36 heavy (non-hydrogen) atoms. The molecular weight excluding hydrogens is 459 g/mol. The Labute approximate surface area is 212 Å². The minimum absolute atomic E-state index is 0.120. The van der Waals surface area contributed by atoms with Crippen molar-refractivity contribution < 1.29 is 18.8 Å². The van der Waals surface area contributed by atoms with Gasteiger partial charge in [-0.3, -0.25) is 14.4 Å². The number of aryl methyl sites for hydroxylation is 1. The van der Waals surface area contributed by atoms with Crippen molar-refractivity contribution >= 4 is 23.4 Å². The van der Waals surface area contributed by atoms with Crippen LogP contribution in [0.4, 0.5) is 10.1 Å². The number of rotatable bonds is 8. The standard InChI is InChI=1S/C28H35FN4O3/c1-3-26(34)31-25(28(36)33-14-12-32(2)13-15-33)17-19-8-11-24(23(29)16-19)30-27(35)18-21-10-9-20-6-4-5-7-22(20)21/h4-8,11,16,21,25H,3,9-10,12-15,17-18H2,1-2H3,(H,30,35)(H,31,34)/t21?,25-/m1/s1. The maximum Gasteiger partial charge on any atom is 0.245 e. The molecule has 0 aromatic heterocycles. The summed E-state index contributed by atoms with van der Waals surface area (Å²) >= 11 is 0. The zero-order valence-corrected chi connectivity index (χ0v) is 21.1. The Morgan fingerprint density at radius 3 is 2.53 bits per heavy atom. The van der Waals surface area contributed by atoms with Gasteiger partial charge in [0.2, 0.25) is 17.7 Å². The van der Waals surface area contributed by atoms with Crippen molar-refractivity contribution in [1.82, 2.24) is 15.1 Å². The summed E-state index contributed by atoms with van der Waals surface area (Å²) in [5.74, 6) is -1.01. The monoisotopic (exact) mass is 494 g/mol. The summed E-state index contributed by atoms with van der Waals surface area (Å²) in [6.45, 7) is 4.47. The molecule has 2 aromatic rings. The van der Waals surface area contributed by atoms with Gasteiger partial charge in [0.1, 0.15) is 11.9 Å². The van der Waals surface area contributed by atoms with Crippen molar-refractivity contribution in [1.29, 1.82) is 0 Å². The van der Waals surface area contributed by atoms with Gasteiger partial charge in [-0.05, 0) is 54.6 Å². The number of carbonyl (C=O) groups is 3. The lowest BCUT2D eigenvalue weighted by atomic mass is 9.97. The molecule has 2 aliphatic rings. The number of hydrogen-bond acceptors (Lipinski definition) is 4. The van der Waals surface area contributed by atoms with Crippen molar-refractivity contribution in [3.05, 3.63) is 65.0 Å². The molecule has 0 spiro atoms. The maximum absolute atomic E-state index is 14.9. The highest BCUT2D eigenvalue weighted by Crippen LogP contribution is 2.35. The third kappa shape index (κ3) is 6.29. The first-order chi connectivity index (χ1) is 17.3. The summed E-state index contributed by atoms with van der Waals surface area (Å²) in [6.07, 6.45) is 2.63. The zero-order chi connectivity index (χ0) is 25.7. The number of halogens is 1. The van der Waals surface area contributed by atoms with E-state index in [0.717, 1.165) is 25.9 Å². The molecule has 192 valence electrons. The van der Waals surface area contributed by atoms with Crippen molar-refractivity contribution in [3.63, 3.8) is 0 Å². The fourth-order valence-corrected chi connectivity index (χ4v) is 5.05. The largest absolute Gasteiger partial charge is 0.344 e. The Morgan fingerprint density at radius 1 is 1.06 bits per heavy atom. The van der Waals surface area contributed by atoms with Gasteiger partial charge in [0, 0.05) is 45.4 Å². The summed E-state index contributed by atoms with van der Waals surface area (Å²) in [6, 6.07) is 12.0. The first-order valence-corrected chi connectivity index (χ1v) is 12.8. The summed E-state index contributed by atoms with van der Waals surface area (Å²) < 4.78 is 14.9. The van der Waals surface area contributed by atoms with E-state index in [1.807, 2.05) is 19.2 Å². The Kier molecular flexibility index (Phi) is 8.36. The molecule has 1 unspecified atom stereocenters. The Bertz CT molecular complexity index is 1110. The number of anilines is 1. The highest BCUT2D eigenvalue weighted by Gasteiger charge is 2.28. The molecule has 1 heterocycles. The maximum atomic E-state index is 14.9. The molecule has 4 rings (SSSR count). The molecule has 2 atom stereocenters. The van der Waals surface area contributed by atoms with Crippen LogP contribution in [0.25, 0.3) is 0 Å². The molecule has 1 fully saturated rings. The minimum Gasteiger partial charge on any atom is -0.344 e. The molecule has 3 amide bonds. The van der Waals surface area contributed by atoms with E-state index >= 15 is 0 Å². The van der Waals surface area contributed by atoms with Crippen molar-refractivity contribution in [2.45, 2.75) is 51.0 Å². The fourth-order valence-electron chi connectivity index (χ4n) is 5.05. The van der Waals surface area contributed by atoms with Crippen LogP contribution >= 0.6 is 0 Å². The van der Waals surface area contributed by atoms with Gasteiger partial charge in [0.15, 0.2) is 0 Å². The number of amides is 3. The molecule has 7 nitrogen and oxygen atoms in total. The molecule has 1 aliphatic carbocycles. The highest BCUT2D eigenvalue weighted by molar-refractivity contribution is 5.91. The zero-order valence-electron chi connectivity index (χ0n) is 21.1. The van der Waals surface area contributed by atoms with Crippen LogP contribution in [0, 0.1) is 5.82 Å². The Hall–Kier alpha value is -3.26. The molecule has 2 aromatic carbocycles. The van der Waals surface area contributed by atoms with Crippen molar-refractivity contribution in [2.75, 3.05) is 38.5 Å². The second-order valence-electron chi connectivity index (χ2n) is 9.81. The molecule has 0 radical (unpaired) electrons. The normalized spacial score (nSPS) is 18.4. The van der Waals surface area contributed by atoms with Crippen LogP contribution in [-0.2, 0) is 27.2 Å². The van der Waals surface area contributed by atoms with E-state index in [1.165, 1.54) is 23.3 Å². The molecule has 1 aliphatic heterocycles. The van der Waals surface area contributed by atoms with Gasteiger partial charge in [0.05, 0.1) is 5.69 Å². The van der Waals surface area contributed by atoms with Crippen molar-refractivity contribution in [3.8, 4) is 0 Å². The summed E-state index contributed by atoms with van der Waals surface area (Å²) in [4.78, 5) is 41.8. The van der Waals surface area contributed by atoms with Crippen LogP contribution in [0.15, 0.2) is 42.5 Å². The molecule has 1 saturated heterocycles. The third-order valence-corrected chi connectivity index (χ3v) is 7.21. The number of nitrogens with one attached hydrogen (secondary N) is 2. The average molecular weight is 495 g/mol. The topological polar surface area (TPSA) is 81.8 Å². The average Bonchev–Trinajstić information content (AvgIpc) is 3.28. The Balaban J connectivity index is 1.39. The van der Waals surface area contributed by atoms with Crippen molar-refractivity contribution in [2.24, 2.45) is 0 Å². The van der Waals surface area contributed by atoms with Gasteiger partial charge in [-0.25, -0.2) is 4.39 Å². The molecule has 8 heteroatoms. The molecule has 2 N–H and O–H groups in total. The lowest BCUT2D eigenvalue weighted by Crippen LogP contribution is -2.54. The highest BCUT2D eigenvalue weighted by atomic mass is 19.1. The van der Waals surface area contributed by atoms with E-state index < -0.39 is 11.9 Å². The second kappa shape index (κ2) is 11.6. The summed E-state index contributed by atoms with van der Waals surface area (Å²) in [5.41, 5.74) is 3.18. The molecule has 0 bridgehead atoms. The van der Waals surface area contributed by atoms with Crippen LogP contribution < -0.4 is 10.6 Å². The summed E-state index contributed by atoms with van der Waals surface area (Å²) in [5, 5.41) is 5.51. The lowest BCUT2D eigenvalue weighted by Gasteiger charge is -2.34. The number of nitrogens with zero attached hydrogens (tertiary/aromatic N) is 2. The lowest BCUT2D eigenvalue weighted by molar-refractivity contribution is -0.137. The van der Waals surface area contributed by atoms with Gasteiger partial charge in [-0.2, -0.15) is 0 Å². The smallest absolute Gasteiger partial charge is 0.245 e. The number of hydrogen-bond donors (Lipinski definition) is 2. The van der Waals surface area contributed by atoms with E-state index in [9.17, 15) is 18.8 Å². The van der Waals surface area contributed by atoms with Crippen LogP contribution in [0.3, 0.4) is 0 Å². The van der Waals surface area contributed by atoms with Crippen LogP contribution in [-0.4, -0.2) is 66.8 Å². The number of piperazine rings is 1. The number of fused-ring (bicyclic) bond motifs is 1. The van der Waals surface area contributed by atoms with Crippen LogP contribution in [0.2, 0.25) is 0 Å². The number of likely N-dealkylation sites (N-methyl/N-ethyl adjacent to an activating group) is 1. The third-order valence-electron chi connectivity index (χ3n) is 7.21. The SMILES string of the molecule is CCC(=O)N[C@H](Cc1ccc(NC(=O)CC2CCc3ccccc32)c(F)c1)C(=O)N1CCN(C)CC1. The molecule has 0 saturated carbocycles. The number of carbonyl (C=O) groups excluding carboxylic acids is 3. The quantitative estimate of drug-likeness (QED) is 0.591. The van der Waals surface area contributed by atoms with E-state index in [4.69, 9.17) is 0 Å². The molecular formula is C28H35FN4O3. The summed E-state index contributed by atoms with van der Waals surface area (Å²) in [7, 11) is 2.01. The predicted octanol–water partition coefficient (Wildman–Crippen LogP) is 3.10. The Morgan fingerprint density at radius 2 is 1.81 bits per heavy atom. The van der Waals surface area contributed by atoms with Gasteiger partial charge < -0.3 is 20.4 Å². The van der Waals surface area contributed by atoms with Gasteiger partial charge in [-0.1, -0.05) is 37.3 Å². The minimum atomic E-state index is -0.761. The van der Waals surface area contributed by atoms with Gasteiger partial charge >= 0.3 is 0 Å². The van der Waals surface area contributed by atoms with Crippen LogP contribution in [0.1, 0.15) is 48.8 Å². The van der Waals surface area contributed by atoms with E-state index in [0.29, 0.717) is 25.1 Å². The second-order valence-corrected chi connectivity index (χ2v) is 9.81. The van der Waals surface area contributed by atoms with E-state index in [2.05, 4.69) is 27.7 Å². The van der Waals surface area contributed by atoms with Crippen LogP contribution in [0.5, 0.6) is 0 Å². The number of benzene rings is 2. The first kappa shape index (κ1) is 25.8.